The molecule has 0 amide bonds. The average molecular weight is 437 g/mol. The number of nitrogens with zero attached hydrogens (tertiary/aromatic N) is 4. The van der Waals surface area contributed by atoms with E-state index in [2.05, 4.69) is 19.8 Å². The van der Waals surface area contributed by atoms with Crippen LogP contribution < -0.4 is 0 Å². The van der Waals surface area contributed by atoms with Crippen LogP contribution in [-0.4, -0.2) is 84.2 Å². The summed E-state index contributed by atoms with van der Waals surface area (Å²) in [6.45, 7) is 5.67. The fraction of sp³-hybridized carbons (Fsp3) is 0.333. The molecule has 0 bridgehead atoms. The van der Waals surface area contributed by atoms with Crippen LogP contribution in [0.4, 0.5) is 0 Å². The van der Waals surface area contributed by atoms with E-state index < -0.39 is 0 Å². The maximum atomic E-state index is 11.8. The Balaban J connectivity index is 1.24. The lowest BCUT2D eigenvalue weighted by atomic mass is 10.2. The fourth-order valence-electron chi connectivity index (χ4n) is 3.16. The van der Waals surface area contributed by atoms with Crippen molar-refractivity contribution in [3.8, 4) is 0 Å². The number of esters is 2. The molecule has 2 aromatic heterocycles. The van der Waals surface area contributed by atoms with E-state index in [4.69, 9.17) is 9.47 Å². The fourth-order valence-corrected chi connectivity index (χ4v) is 3.16. The van der Waals surface area contributed by atoms with Crippen molar-refractivity contribution in [2.24, 2.45) is 0 Å². The third-order valence-corrected chi connectivity index (χ3v) is 4.96. The van der Waals surface area contributed by atoms with E-state index in [-0.39, 0.29) is 11.9 Å². The van der Waals surface area contributed by atoms with Gasteiger partial charge in [-0.3, -0.25) is 19.8 Å². The summed E-state index contributed by atoms with van der Waals surface area (Å²) < 4.78 is 10.5. The molecule has 32 heavy (non-hydrogen) atoms. The van der Waals surface area contributed by atoms with Crippen molar-refractivity contribution in [3.63, 3.8) is 0 Å². The second kappa shape index (κ2) is 13.1. The first kappa shape index (κ1) is 23.3. The third-order valence-electron chi connectivity index (χ3n) is 4.96. The van der Waals surface area contributed by atoms with Crippen molar-refractivity contribution in [1.29, 1.82) is 0 Å². The molecule has 0 unspecified atom stereocenters. The molecule has 8 nitrogen and oxygen atoms in total. The second-order valence-electron chi connectivity index (χ2n) is 7.26. The van der Waals surface area contributed by atoms with E-state index in [1.807, 2.05) is 24.3 Å². The SMILES string of the molecule is O=C(/C=C\c1cccnc1)OCCN1CCN(CCOC(=O)/C=C\c2cccnc2)CC1. The third kappa shape index (κ3) is 8.79. The number of aromatic nitrogens is 2. The highest BCUT2D eigenvalue weighted by Gasteiger charge is 2.16. The van der Waals surface area contributed by atoms with Gasteiger partial charge in [0.2, 0.25) is 0 Å². The van der Waals surface area contributed by atoms with Crippen LogP contribution in [0.2, 0.25) is 0 Å². The van der Waals surface area contributed by atoms with Crippen molar-refractivity contribution in [3.05, 3.63) is 72.3 Å². The summed E-state index contributed by atoms with van der Waals surface area (Å²) >= 11 is 0. The molecular formula is C24H28N4O4. The van der Waals surface area contributed by atoms with E-state index in [0.29, 0.717) is 26.3 Å². The zero-order valence-electron chi connectivity index (χ0n) is 18.0. The smallest absolute Gasteiger partial charge is 0.330 e. The standard InChI is InChI=1S/C24H28N4O4/c29-23(7-5-21-3-1-9-25-19-21)31-17-15-27-11-13-28(14-12-27)16-18-32-24(30)8-6-22-4-2-10-26-20-22/h1-10,19-20H,11-18H2/b7-5-,8-6-. The van der Waals surface area contributed by atoms with Crippen molar-refractivity contribution < 1.29 is 19.1 Å². The van der Waals surface area contributed by atoms with Gasteiger partial charge in [-0.05, 0) is 35.4 Å². The molecule has 0 aliphatic carbocycles. The van der Waals surface area contributed by atoms with Crippen molar-refractivity contribution in [2.45, 2.75) is 0 Å². The number of pyridine rings is 2. The molecule has 168 valence electrons. The van der Waals surface area contributed by atoms with Crippen molar-refractivity contribution in [1.82, 2.24) is 19.8 Å². The van der Waals surface area contributed by atoms with Gasteiger partial charge in [0.15, 0.2) is 0 Å². The highest BCUT2D eigenvalue weighted by Crippen LogP contribution is 2.03. The molecular weight excluding hydrogens is 408 g/mol. The van der Waals surface area contributed by atoms with Crippen LogP contribution in [0, 0.1) is 0 Å². The van der Waals surface area contributed by atoms with Gasteiger partial charge in [-0.25, -0.2) is 9.59 Å². The molecule has 1 aliphatic rings. The van der Waals surface area contributed by atoms with Crippen LogP contribution >= 0.6 is 0 Å². The Kier molecular flexibility index (Phi) is 9.57. The van der Waals surface area contributed by atoms with Crippen molar-refractivity contribution in [2.75, 3.05) is 52.5 Å². The van der Waals surface area contributed by atoms with Gasteiger partial charge >= 0.3 is 11.9 Å². The zero-order chi connectivity index (χ0) is 22.4. The molecule has 0 aromatic carbocycles. The van der Waals surface area contributed by atoms with E-state index in [1.165, 1.54) is 12.2 Å². The summed E-state index contributed by atoms with van der Waals surface area (Å²) in [4.78, 5) is 36.1. The first-order valence-corrected chi connectivity index (χ1v) is 10.6. The molecule has 1 fully saturated rings. The highest BCUT2D eigenvalue weighted by atomic mass is 16.5. The van der Waals surface area contributed by atoms with Crippen molar-refractivity contribution >= 4 is 24.1 Å². The maximum absolute atomic E-state index is 11.8. The molecule has 1 aliphatic heterocycles. The first-order valence-electron chi connectivity index (χ1n) is 10.6. The Labute approximate surface area is 188 Å². The Hall–Kier alpha value is -3.36. The van der Waals surface area contributed by atoms with Crippen LogP contribution in [0.25, 0.3) is 12.2 Å². The van der Waals surface area contributed by atoms with Crippen LogP contribution in [0.1, 0.15) is 11.1 Å². The summed E-state index contributed by atoms with van der Waals surface area (Å²) in [5.41, 5.74) is 1.71. The van der Waals surface area contributed by atoms with E-state index in [0.717, 1.165) is 37.3 Å². The maximum Gasteiger partial charge on any atom is 0.330 e. The summed E-state index contributed by atoms with van der Waals surface area (Å²) in [6, 6.07) is 7.37. The molecule has 1 saturated heterocycles. The summed E-state index contributed by atoms with van der Waals surface area (Å²) in [5, 5.41) is 0. The molecule has 2 aromatic rings. The van der Waals surface area contributed by atoms with Gasteiger partial charge in [0.25, 0.3) is 0 Å². The molecule has 3 rings (SSSR count). The van der Waals surface area contributed by atoms with Crippen LogP contribution in [0.5, 0.6) is 0 Å². The van der Waals surface area contributed by atoms with E-state index in [1.54, 1.807) is 36.9 Å². The lowest BCUT2D eigenvalue weighted by Crippen LogP contribution is -2.48. The normalized spacial score (nSPS) is 15.2. The van der Waals surface area contributed by atoms with E-state index in [9.17, 15) is 9.59 Å². The van der Waals surface area contributed by atoms with Crippen LogP contribution in [-0.2, 0) is 19.1 Å². The monoisotopic (exact) mass is 436 g/mol. The predicted octanol–water partition coefficient (Wildman–Crippen LogP) is 1.91. The summed E-state index contributed by atoms with van der Waals surface area (Å²) in [7, 11) is 0. The topological polar surface area (TPSA) is 84.9 Å². The van der Waals surface area contributed by atoms with Crippen LogP contribution in [0.15, 0.2) is 61.2 Å². The number of carbonyl (C=O) groups is 2. The molecule has 0 radical (unpaired) electrons. The Bertz CT molecular complexity index is 819. The lowest BCUT2D eigenvalue weighted by molar-refractivity contribution is -0.139. The Morgan fingerprint density at radius 3 is 1.59 bits per heavy atom. The number of ether oxygens (including phenoxy) is 2. The molecule has 0 atom stereocenters. The number of hydrogen-bond acceptors (Lipinski definition) is 8. The summed E-state index contributed by atoms with van der Waals surface area (Å²) in [6.07, 6.45) is 13.0. The molecule has 0 saturated carbocycles. The second-order valence-corrected chi connectivity index (χ2v) is 7.26. The molecule has 0 spiro atoms. The minimum Gasteiger partial charge on any atom is -0.461 e. The van der Waals surface area contributed by atoms with Gasteiger partial charge in [-0.2, -0.15) is 0 Å². The molecule has 3 heterocycles. The zero-order valence-corrected chi connectivity index (χ0v) is 18.0. The number of piperazine rings is 1. The van der Waals surface area contributed by atoms with Gasteiger partial charge in [-0.1, -0.05) is 12.1 Å². The molecule has 0 N–H and O–H groups in total. The van der Waals surface area contributed by atoms with Crippen LogP contribution in [0.3, 0.4) is 0 Å². The first-order chi connectivity index (χ1) is 15.7. The number of hydrogen-bond donors (Lipinski definition) is 0. The number of rotatable bonds is 10. The Morgan fingerprint density at radius 1 is 0.781 bits per heavy atom. The average Bonchev–Trinajstić information content (AvgIpc) is 2.84. The van der Waals surface area contributed by atoms with Gasteiger partial charge in [0.05, 0.1) is 0 Å². The minimum absolute atomic E-state index is 0.355. The highest BCUT2D eigenvalue weighted by molar-refractivity contribution is 5.87. The molecule has 8 heteroatoms. The summed E-state index contributed by atoms with van der Waals surface area (Å²) in [5.74, 6) is -0.709. The predicted molar refractivity (Wildman–Crippen MR) is 121 cm³/mol. The lowest BCUT2D eigenvalue weighted by Gasteiger charge is -2.34. The quantitative estimate of drug-likeness (QED) is 0.413. The van der Waals surface area contributed by atoms with Gasteiger partial charge in [-0.15, -0.1) is 0 Å². The minimum atomic E-state index is -0.355. The van der Waals surface area contributed by atoms with Gasteiger partial charge in [0, 0.05) is 76.2 Å². The largest absolute Gasteiger partial charge is 0.461 e. The van der Waals surface area contributed by atoms with Gasteiger partial charge in [0.1, 0.15) is 13.2 Å². The Morgan fingerprint density at radius 2 is 1.22 bits per heavy atom. The van der Waals surface area contributed by atoms with E-state index >= 15 is 0 Å². The number of carbonyl (C=O) groups excluding carboxylic acids is 2. The van der Waals surface area contributed by atoms with Gasteiger partial charge < -0.3 is 9.47 Å².